The predicted molar refractivity (Wildman–Crippen MR) is 98.0 cm³/mol. The number of carbonyl (C=O) groups excluding carboxylic acids is 2. The van der Waals surface area contributed by atoms with Gasteiger partial charge in [0.2, 0.25) is 11.6 Å². The molecule has 6 heteroatoms. The van der Waals surface area contributed by atoms with Crippen molar-refractivity contribution in [2.24, 2.45) is 0 Å². The van der Waals surface area contributed by atoms with Crippen molar-refractivity contribution >= 4 is 28.9 Å². The van der Waals surface area contributed by atoms with Crippen LogP contribution in [0.3, 0.4) is 0 Å². The van der Waals surface area contributed by atoms with E-state index in [1.807, 2.05) is 29.2 Å². The Balaban J connectivity index is 1.76. The van der Waals surface area contributed by atoms with Gasteiger partial charge in [-0.15, -0.1) is 0 Å². The molecule has 5 nitrogen and oxygen atoms in total. The van der Waals surface area contributed by atoms with E-state index in [1.165, 1.54) is 0 Å². The summed E-state index contributed by atoms with van der Waals surface area (Å²) in [5.74, 6) is 0.427. The molecule has 0 aromatic heterocycles. The lowest BCUT2D eigenvalue weighted by Gasteiger charge is -2.39. The van der Waals surface area contributed by atoms with Crippen LogP contribution >= 0.6 is 11.6 Å². The summed E-state index contributed by atoms with van der Waals surface area (Å²) in [7, 11) is 1.65. The number of anilines is 1. The van der Waals surface area contributed by atoms with E-state index >= 15 is 0 Å². The largest absolute Gasteiger partial charge is 0.497 e. The minimum absolute atomic E-state index is 0.0444. The number of allylic oxidation sites excluding steroid dienone is 3. The third-order valence-electron chi connectivity index (χ3n) is 4.88. The van der Waals surface area contributed by atoms with Crippen LogP contribution in [0.1, 0.15) is 13.8 Å². The summed E-state index contributed by atoms with van der Waals surface area (Å²) in [5, 5.41) is 0.0444. The van der Waals surface area contributed by atoms with Gasteiger partial charge in [0.25, 0.3) is 0 Å². The summed E-state index contributed by atoms with van der Waals surface area (Å²) in [5.41, 5.74) is 2.35. The van der Waals surface area contributed by atoms with E-state index in [2.05, 4.69) is 4.90 Å². The quantitative estimate of drug-likeness (QED) is 0.776. The minimum atomic E-state index is -0.246. The minimum Gasteiger partial charge on any atom is -0.497 e. The Morgan fingerprint density at radius 1 is 0.960 bits per heavy atom. The average Bonchev–Trinajstić information content (AvgIpc) is 2.65. The SMILES string of the molecule is COc1cccc(N2CCN(C3=C(Cl)C(=O)C(C)=C(C)C3=O)CC2)c1. The molecule has 0 bridgehead atoms. The molecule has 0 amide bonds. The number of methoxy groups -OCH3 is 1. The molecule has 1 heterocycles. The molecule has 2 aliphatic rings. The van der Waals surface area contributed by atoms with Gasteiger partial charge in [-0.05, 0) is 26.0 Å². The second-order valence-electron chi connectivity index (χ2n) is 6.25. The van der Waals surface area contributed by atoms with Crippen LogP contribution in [0.2, 0.25) is 0 Å². The summed E-state index contributed by atoms with van der Waals surface area (Å²) in [6.07, 6.45) is 0. The Bertz CT molecular complexity index is 790. The molecular formula is C19H21ClN2O3. The lowest BCUT2D eigenvalue weighted by Crippen LogP contribution is -2.48. The van der Waals surface area contributed by atoms with Crippen molar-refractivity contribution in [3.05, 3.63) is 46.1 Å². The van der Waals surface area contributed by atoms with E-state index in [-0.39, 0.29) is 16.6 Å². The van der Waals surface area contributed by atoms with Crippen molar-refractivity contribution in [3.8, 4) is 5.75 Å². The molecule has 132 valence electrons. The van der Waals surface area contributed by atoms with Crippen LogP contribution in [0.25, 0.3) is 0 Å². The van der Waals surface area contributed by atoms with Gasteiger partial charge >= 0.3 is 0 Å². The second-order valence-corrected chi connectivity index (χ2v) is 6.62. The van der Waals surface area contributed by atoms with Crippen LogP contribution < -0.4 is 9.64 Å². The first-order valence-electron chi connectivity index (χ1n) is 8.24. The number of hydrogen-bond acceptors (Lipinski definition) is 5. The van der Waals surface area contributed by atoms with E-state index in [0.717, 1.165) is 24.5 Å². The summed E-state index contributed by atoms with van der Waals surface area (Å²) in [4.78, 5) is 29.0. The monoisotopic (exact) mass is 360 g/mol. The first kappa shape index (κ1) is 17.5. The molecule has 0 radical (unpaired) electrons. The summed E-state index contributed by atoms with van der Waals surface area (Å²) >= 11 is 6.22. The molecule has 3 rings (SSSR count). The highest BCUT2D eigenvalue weighted by molar-refractivity contribution is 6.49. The topological polar surface area (TPSA) is 49.9 Å². The Hall–Kier alpha value is -2.27. The zero-order valence-corrected chi connectivity index (χ0v) is 15.4. The van der Waals surface area contributed by atoms with E-state index in [4.69, 9.17) is 16.3 Å². The third kappa shape index (κ3) is 3.16. The molecule has 1 fully saturated rings. The van der Waals surface area contributed by atoms with Gasteiger partial charge in [0.05, 0.1) is 7.11 Å². The summed E-state index contributed by atoms with van der Waals surface area (Å²) < 4.78 is 5.27. The molecule has 0 unspecified atom stereocenters. The van der Waals surface area contributed by atoms with Crippen LogP contribution in [-0.2, 0) is 9.59 Å². The highest BCUT2D eigenvalue weighted by Gasteiger charge is 2.34. The molecule has 1 saturated heterocycles. The molecule has 1 aliphatic carbocycles. The lowest BCUT2D eigenvalue weighted by atomic mass is 9.93. The van der Waals surface area contributed by atoms with Gasteiger partial charge in [-0.3, -0.25) is 9.59 Å². The van der Waals surface area contributed by atoms with Gasteiger partial charge < -0.3 is 14.5 Å². The fourth-order valence-corrected chi connectivity index (χ4v) is 3.51. The number of piperazine rings is 1. The van der Waals surface area contributed by atoms with Crippen LogP contribution in [0.15, 0.2) is 46.1 Å². The van der Waals surface area contributed by atoms with E-state index in [1.54, 1.807) is 21.0 Å². The standard InChI is InChI=1S/C19H21ClN2O3/c1-12-13(2)19(24)17(16(20)18(12)23)22-9-7-21(8-10-22)14-5-4-6-15(11-14)25-3/h4-6,11H,7-10H2,1-3H3. The molecule has 1 aromatic rings. The molecule has 0 atom stereocenters. The third-order valence-corrected chi connectivity index (χ3v) is 5.23. The Morgan fingerprint density at radius 2 is 1.56 bits per heavy atom. The molecule has 1 aromatic carbocycles. The van der Waals surface area contributed by atoms with Crippen molar-refractivity contribution < 1.29 is 14.3 Å². The van der Waals surface area contributed by atoms with Crippen molar-refractivity contribution in [1.82, 2.24) is 4.90 Å². The zero-order chi connectivity index (χ0) is 18.1. The number of ketones is 2. The maximum Gasteiger partial charge on any atom is 0.206 e. The molecule has 0 saturated carbocycles. The van der Waals surface area contributed by atoms with Crippen molar-refractivity contribution in [3.63, 3.8) is 0 Å². The Labute approximate surface area is 152 Å². The van der Waals surface area contributed by atoms with Crippen LogP contribution in [0, 0.1) is 0 Å². The van der Waals surface area contributed by atoms with Crippen molar-refractivity contribution in [2.75, 3.05) is 38.2 Å². The molecule has 0 N–H and O–H groups in total. The van der Waals surface area contributed by atoms with Crippen LogP contribution in [0.5, 0.6) is 5.75 Å². The average molecular weight is 361 g/mol. The Morgan fingerprint density at radius 3 is 2.20 bits per heavy atom. The molecule has 0 spiro atoms. The number of benzene rings is 1. The second kappa shape index (κ2) is 6.92. The first-order chi connectivity index (χ1) is 11.9. The summed E-state index contributed by atoms with van der Waals surface area (Å²) in [6.45, 7) is 6.08. The number of ether oxygens (including phenoxy) is 1. The first-order valence-corrected chi connectivity index (χ1v) is 8.62. The summed E-state index contributed by atoms with van der Waals surface area (Å²) in [6, 6.07) is 7.90. The maximum absolute atomic E-state index is 12.6. The zero-order valence-electron chi connectivity index (χ0n) is 14.6. The van der Waals surface area contributed by atoms with E-state index in [0.29, 0.717) is 29.9 Å². The van der Waals surface area contributed by atoms with Gasteiger partial charge in [0.1, 0.15) is 16.5 Å². The van der Waals surface area contributed by atoms with Gasteiger partial charge in [-0.25, -0.2) is 0 Å². The number of Topliss-reactive ketones (excluding diaryl/α,β-unsaturated/α-hetero) is 2. The predicted octanol–water partition coefficient (Wildman–Crippen LogP) is 2.76. The maximum atomic E-state index is 12.6. The van der Waals surface area contributed by atoms with Gasteiger partial charge in [0.15, 0.2) is 0 Å². The van der Waals surface area contributed by atoms with Crippen molar-refractivity contribution in [2.45, 2.75) is 13.8 Å². The number of halogens is 1. The molecule has 1 aliphatic heterocycles. The molecular weight excluding hydrogens is 340 g/mol. The number of nitrogens with zero attached hydrogens (tertiary/aromatic N) is 2. The van der Waals surface area contributed by atoms with E-state index < -0.39 is 0 Å². The van der Waals surface area contributed by atoms with Gasteiger partial charge in [0, 0.05) is 49.1 Å². The van der Waals surface area contributed by atoms with Gasteiger partial charge in [-0.1, -0.05) is 17.7 Å². The van der Waals surface area contributed by atoms with Gasteiger partial charge in [-0.2, -0.15) is 0 Å². The van der Waals surface area contributed by atoms with Crippen LogP contribution in [0.4, 0.5) is 5.69 Å². The smallest absolute Gasteiger partial charge is 0.206 e. The number of rotatable bonds is 3. The fourth-order valence-electron chi connectivity index (χ4n) is 3.17. The van der Waals surface area contributed by atoms with E-state index in [9.17, 15) is 9.59 Å². The normalized spacial score (nSPS) is 19.0. The molecule has 25 heavy (non-hydrogen) atoms. The fraction of sp³-hybridized carbons (Fsp3) is 0.368. The number of carbonyl (C=O) groups is 2. The highest BCUT2D eigenvalue weighted by Crippen LogP contribution is 2.30. The number of hydrogen-bond donors (Lipinski definition) is 0. The van der Waals surface area contributed by atoms with Crippen molar-refractivity contribution in [1.29, 1.82) is 0 Å². The van der Waals surface area contributed by atoms with Crippen LogP contribution in [-0.4, -0.2) is 49.8 Å². The Kier molecular flexibility index (Phi) is 4.86. The lowest BCUT2D eigenvalue weighted by molar-refractivity contribution is -0.117. The highest BCUT2D eigenvalue weighted by atomic mass is 35.5.